The molecule has 8 heteroatoms. The van der Waals surface area contributed by atoms with E-state index in [4.69, 9.17) is 0 Å². The summed E-state index contributed by atoms with van der Waals surface area (Å²) in [4.78, 5) is 20.3. The van der Waals surface area contributed by atoms with Crippen LogP contribution in [-0.2, 0) is 6.18 Å². The second-order valence-electron chi connectivity index (χ2n) is 5.81. The molecular weight excluding hydrogens is 357 g/mol. The zero-order valence-electron chi connectivity index (χ0n) is 14.2. The van der Waals surface area contributed by atoms with Crippen molar-refractivity contribution < 1.29 is 18.0 Å². The number of anilines is 3. The van der Waals surface area contributed by atoms with Crippen molar-refractivity contribution in [3.8, 4) is 0 Å². The van der Waals surface area contributed by atoms with Gasteiger partial charge in [0.15, 0.2) is 0 Å². The number of hydrogen-bond donors (Lipinski definition) is 2. The lowest BCUT2D eigenvalue weighted by atomic mass is 10.2. The van der Waals surface area contributed by atoms with Crippen molar-refractivity contribution in [2.24, 2.45) is 0 Å². The molecule has 27 heavy (non-hydrogen) atoms. The second-order valence-corrected chi connectivity index (χ2v) is 5.81. The van der Waals surface area contributed by atoms with Crippen molar-refractivity contribution >= 4 is 23.1 Å². The summed E-state index contributed by atoms with van der Waals surface area (Å²) in [5.41, 5.74) is 1.11. The lowest BCUT2D eigenvalue weighted by Crippen LogP contribution is -2.15. The molecule has 0 aliphatic carbocycles. The number of aryl methyl sites for hydroxylation is 1. The molecule has 1 amide bonds. The fraction of sp³-hybridized carbons (Fsp3) is 0.105. The van der Waals surface area contributed by atoms with E-state index in [0.717, 1.165) is 23.4 Å². The number of amides is 1. The molecule has 138 valence electrons. The van der Waals surface area contributed by atoms with Gasteiger partial charge in [-0.15, -0.1) is 0 Å². The number of aromatic nitrogens is 2. The van der Waals surface area contributed by atoms with Crippen LogP contribution in [0.2, 0.25) is 0 Å². The van der Waals surface area contributed by atoms with E-state index in [9.17, 15) is 18.0 Å². The molecule has 0 saturated carbocycles. The molecule has 5 nitrogen and oxygen atoms in total. The quantitative estimate of drug-likeness (QED) is 0.690. The smallest absolute Gasteiger partial charge is 0.339 e. The van der Waals surface area contributed by atoms with Gasteiger partial charge in [0.1, 0.15) is 11.5 Å². The van der Waals surface area contributed by atoms with Crippen LogP contribution < -0.4 is 10.6 Å². The van der Waals surface area contributed by atoms with Crippen molar-refractivity contribution in [1.82, 2.24) is 9.97 Å². The predicted octanol–water partition coefficient (Wildman–Crippen LogP) is 4.80. The Labute approximate surface area is 153 Å². The van der Waals surface area contributed by atoms with E-state index in [1.807, 2.05) is 31.2 Å². The monoisotopic (exact) mass is 372 g/mol. The Hall–Kier alpha value is -3.42. The Morgan fingerprint density at radius 2 is 1.70 bits per heavy atom. The first kappa shape index (κ1) is 18.4. The zero-order chi connectivity index (χ0) is 19.4. The number of rotatable bonds is 4. The van der Waals surface area contributed by atoms with E-state index >= 15 is 0 Å². The average molecular weight is 372 g/mol. The lowest BCUT2D eigenvalue weighted by Gasteiger charge is -2.10. The van der Waals surface area contributed by atoms with E-state index in [0.29, 0.717) is 5.82 Å². The molecule has 0 spiro atoms. The summed E-state index contributed by atoms with van der Waals surface area (Å²) in [5, 5.41) is 5.42. The standard InChI is InChI=1S/C19H15F3N4O/c1-12-5-7-14(8-6-12)25-17-11-23-16(10-24-17)18(27)26-15-4-2-3-13(9-15)19(20,21)22/h2-11H,1H3,(H,24,25)(H,26,27). The van der Waals surface area contributed by atoms with Gasteiger partial charge in [-0.1, -0.05) is 23.8 Å². The predicted molar refractivity (Wildman–Crippen MR) is 95.9 cm³/mol. The van der Waals surface area contributed by atoms with Crippen molar-refractivity contribution in [2.45, 2.75) is 13.1 Å². The number of nitrogens with one attached hydrogen (secondary N) is 2. The normalized spacial score (nSPS) is 11.1. The minimum Gasteiger partial charge on any atom is -0.339 e. The van der Waals surface area contributed by atoms with Crippen molar-refractivity contribution in [3.63, 3.8) is 0 Å². The fourth-order valence-corrected chi connectivity index (χ4v) is 2.26. The van der Waals surface area contributed by atoms with Gasteiger partial charge in [0, 0.05) is 11.4 Å². The van der Waals surface area contributed by atoms with Crippen LogP contribution in [0.15, 0.2) is 60.9 Å². The maximum absolute atomic E-state index is 12.7. The number of hydrogen-bond acceptors (Lipinski definition) is 4. The van der Waals surface area contributed by atoms with Crippen LogP contribution in [0.3, 0.4) is 0 Å². The molecule has 1 heterocycles. The highest BCUT2D eigenvalue weighted by molar-refractivity contribution is 6.02. The first-order valence-corrected chi connectivity index (χ1v) is 7.95. The van der Waals surface area contributed by atoms with Crippen LogP contribution in [0.4, 0.5) is 30.4 Å². The third-order valence-electron chi connectivity index (χ3n) is 3.66. The molecule has 0 unspecified atom stereocenters. The summed E-state index contributed by atoms with van der Waals surface area (Å²) in [6, 6.07) is 12.0. The number of alkyl halides is 3. The Kier molecular flexibility index (Phi) is 5.07. The fourth-order valence-electron chi connectivity index (χ4n) is 2.26. The highest BCUT2D eigenvalue weighted by Crippen LogP contribution is 2.30. The Morgan fingerprint density at radius 1 is 0.963 bits per heavy atom. The summed E-state index contributed by atoms with van der Waals surface area (Å²) < 4.78 is 38.2. The number of benzene rings is 2. The molecule has 0 aliphatic rings. The largest absolute Gasteiger partial charge is 0.416 e. The Morgan fingerprint density at radius 3 is 2.33 bits per heavy atom. The van der Waals surface area contributed by atoms with Crippen molar-refractivity contribution in [1.29, 1.82) is 0 Å². The molecule has 0 bridgehead atoms. The molecule has 3 aromatic rings. The van der Waals surface area contributed by atoms with Gasteiger partial charge >= 0.3 is 6.18 Å². The van der Waals surface area contributed by atoms with Crippen LogP contribution in [0.5, 0.6) is 0 Å². The first-order chi connectivity index (χ1) is 12.8. The summed E-state index contributed by atoms with van der Waals surface area (Å²) in [6.07, 6.45) is -1.86. The second kappa shape index (κ2) is 7.45. The number of carbonyl (C=O) groups excluding carboxylic acids is 1. The Balaban J connectivity index is 1.68. The summed E-state index contributed by atoms with van der Waals surface area (Å²) in [7, 11) is 0. The highest BCUT2D eigenvalue weighted by atomic mass is 19.4. The van der Waals surface area contributed by atoms with Crippen molar-refractivity contribution in [2.75, 3.05) is 10.6 Å². The van der Waals surface area contributed by atoms with Crippen LogP contribution in [-0.4, -0.2) is 15.9 Å². The first-order valence-electron chi connectivity index (χ1n) is 7.95. The van der Waals surface area contributed by atoms with Crippen LogP contribution in [0.25, 0.3) is 0 Å². The molecule has 1 aromatic heterocycles. The molecule has 2 N–H and O–H groups in total. The van der Waals surface area contributed by atoms with Gasteiger partial charge in [-0.2, -0.15) is 13.2 Å². The molecule has 0 aliphatic heterocycles. The molecule has 3 rings (SSSR count). The van der Waals surface area contributed by atoms with E-state index in [1.165, 1.54) is 24.5 Å². The van der Waals surface area contributed by atoms with E-state index in [2.05, 4.69) is 20.6 Å². The Bertz CT molecular complexity index is 938. The number of carbonyl (C=O) groups is 1. The molecule has 0 saturated heterocycles. The minimum atomic E-state index is -4.48. The maximum atomic E-state index is 12.7. The topological polar surface area (TPSA) is 66.9 Å². The summed E-state index contributed by atoms with van der Waals surface area (Å²) in [6.45, 7) is 1.97. The molecule has 0 atom stereocenters. The van der Waals surface area contributed by atoms with Crippen LogP contribution in [0.1, 0.15) is 21.6 Å². The average Bonchev–Trinajstić information content (AvgIpc) is 2.64. The van der Waals surface area contributed by atoms with E-state index in [-0.39, 0.29) is 11.4 Å². The van der Waals surface area contributed by atoms with E-state index in [1.54, 1.807) is 0 Å². The SMILES string of the molecule is Cc1ccc(Nc2cnc(C(=O)Nc3cccc(C(F)(F)F)c3)cn2)cc1. The van der Waals surface area contributed by atoms with Crippen LogP contribution >= 0.6 is 0 Å². The molecule has 0 fully saturated rings. The lowest BCUT2D eigenvalue weighted by molar-refractivity contribution is -0.137. The molecule has 2 aromatic carbocycles. The van der Waals surface area contributed by atoms with Gasteiger partial charge in [0.2, 0.25) is 0 Å². The van der Waals surface area contributed by atoms with Gasteiger partial charge < -0.3 is 10.6 Å². The van der Waals surface area contributed by atoms with Gasteiger partial charge in [0.25, 0.3) is 5.91 Å². The number of halogens is 3. The molecule has 0 radical (unpaired) electrons. The molecular formula is C19H15F3N4O. The third-order valence-corrected chi connectivity index (χ3v) is 3.66. The van der Waals surface area contributed by atoms with Crippen LogP contribution in [0, 0.1) is 6.92 Å². The highest BCUT2D eigenvalue weighted by Gasteiger charge is 2.30. The third kappa shape index (κ3) is 4.81. The van der Waals surface area contributed by atoms with Gasteiger partial charge in [-0.25, -0.2) is 9.97 Å². The van der Waals surface area contributed by atoms with Gasteiger partial charge in [-0.05, 0) is 37.3 Å². The summed E-state index contributed by atoms with van der Waals surface area (Å²) >= 11 is 0. The van der Waals surface area contributed by atoms with E-state index < -0.39 is 17.6 Å². The summed E-state index contributed by atoms with van der Waals surface area (Å²) in [5.74, 6) is -0.210. The number of nitrogens with zero attached hydrogens (tertiary/aromatic N) is 2. The zero-order valence-corrected chi connectivity index (χ0v) is 14.2. The van der Waals surface area contributed by atoms with Crippen molar-refractivity contribution in [3.05, 3.63) is 77.7 Å². The maximum Gasteiger partial charge on any atom is 0.416 e. The van der Waals surface area contributed by atoms with Gasteiger partial charge in [-0.3, -0.25) is 4.79 Å². The van der Waals surface area contributed by atoms with Gasteiger partial charge in [0.05, 0.1) is 18.0 Å². The minimum absolute atomic E-state index is 0.0122.